The fourth-order valence-electron chi connectivity index (χ4n) is 0.562. The van der Waals surface area contributed by atoms with Crippen molar-refractivity contribution in [1.82, 2.24) is 0 Å². The molecular weight excluding hydrogens is 336 g/mol. The van der Waals surface area contributed by atoms with Gasteiger partial charge in [-0.05, 0) is 13.8 Å². The quantitative estimate of drug-likeness (QED) is 0.404. The molecule has 1 rings (SSSR count). The van der Waals surface area contributed by atoms with E-state index in [4.69, 9.17) is 0 Å². The van der Waals surface area contributed by atoms with Gasteiger partial charge in [-0.3, -0.25) is 6.08 Å². The van der Waals surface area contributed by atoms with Crippen LogP contribution in [-0.2, 0) is 21.7 Å². The van der Waals surface area contributed by atoms with Gasteiger partial charge >= 0.3 is 21.7 Å². The van der Waals surface area contributed by atoms with E-state index >= 15 is 0 Å². The van der Waals surface area contributed by atoms with Crippen molar-refractivity contribution in [3.8, 4) is 0 Å². The standard InChI is InChI=1S/C6H10.C5H5.3C3H7O.Ti/c1-3-5-6-4-2;1-2-4-5-3-1;3*1-3(2)4;/h3-6H,1-2H3;1-3H,4H2;3*3H,1-2H3;/q;4*-1;+4. The van der Waals surface area contributed by atoms with Crippen LogP contribution in [0.2, 0.25) is 0 Å². The van der Waals surface area contributed by atoms with Gasteiger partial charge in [0.15, 0.2) is 0 Å². The Bertz CT molecular complexity index is 249. The number of allylic oxidation sites excluding steroid dienone is 8. The molecule has 1 aliphatic carbocycles. The molecule has 0 unspecified atom stereocenters. The molecule has 0 aliphatic heterocycles. The Kier molecular flexibility index (Phi) is 49.3. The van der Waals surface area contributed by atoms with Crippen molar-refractivity contribution in [3.63, 3.8) is 0 Å². The minimum absolute atomic E-state index is 0. The van der Waals surface area contributed by atoms with Crippen molar-refractivity contribution in [2.45, 2.75) is 80.1 Å². The fourth-order valence-corrected chi connectivity index (χ4v) is 0.562. The minimum atomic E-state index is -0.417. The third-order valence-electron chi connectivity index (χ3n) is 1.08. The molecular formula is C20H36O3Ti. The van der Waals surface area contributed by atoms with E-state index in [1.54, 1.807) is 41.5 Å². The van der Waals surface area contributed by atoms with Crippen molar-refractivity contribution in [1.29, 1.82) is 0 Å². The molecule has 0 saturated carbocycles. The summed E-state index contributed by atoms with van der Waals surface area (Å²) in [6.07, 6.45) is 16.8. The molecule has 0 amide bonds. The molecule has 3 nitrogen and oxygen atoms in total. The van der Waals surface area contributed by atoms with Crippen LogP contribution >= 0.6 is 0 Å². The van der Waals surface area contributed by atoms with Gasteiger partial charge in [-0.25, -0.2) is 12.2 Å². The third kappa shape index (κ3) is 160. The maximum Gasteiger partial charge on any atom is 4.00 e. The summed E-state index contributed by atoms with van der Waals surface area (Å²) < 4.78 is 0. The van der Waals surface area contributed by atoms with Crippen molar-refractivity contribution in [3.05, 3.63) is 48.6 Å². The molecule has 0 bridgehead atoms. The maximum atomic E-state index is 9.53. The summed E-state index contributed by atoms with van der Waals surface area (Å²) in [4.78, 5) is 0. The van der Waals surface area contributed by atoms with Crippen LogP contribution in [0.15, 0.2) is 42.5 Å². The van der Waals surface area contributed by atoms with Crippen molar-refractivity contribution in [2.75, 3.05) is 0 Å². The van der Waals surface area contributed by atoms with E-state index in [9.17, 15) is 15.3 Å². The fraction of sp³-hybridized carbons (Fsp3) is 0.600. The molecule has 0 saturated heterocycles. The van der Waals surface area contributed by atoms with Gasteiger partial charge in [0, 0.05) is 0 Å². The largest absolute Gasteiger partial charge is 4.00 e. The summed E-state index contributed by atoms with van der Waals surface area (Å²) in [7, 11) is 0. The second-order valence-electron chi connectivity index (χ2n) is 5.20. The van der Waals surface area contributed by atoms with Crippen molar-refractivity contribution >= 4 is 0 Å². The Morgan fingerprint density at radius 3 is 1.17 bits per heavy atom. The first-order valence-electron chi connectivity index (χ1n) is 8.04. The normalized spacial score (nSPS) is 11.1. The molecule has 1 aliphatic rings. The van der Waals surface area contributed by atoms with Gasteiger partial charge < -0.3 is 15.3 Å². The zero-order chi connectivity index (χ0) is 19.1. The first-order chi connectivity index (χ1) is 10.6. The average Bonchev–Trinajstić information content (AvgIpc) is 2.93. The molecule has 138 valence electrons. The number of hydrogen-bond acceptors (Lipinski definition) is 3. The van der Waals surface area contributed by atoms with Crippen LogP contribution in [0.5, 0.6) is 0 Å². The molecule has 0 radical (unpaired) electrons. The molecule has 24 heavy (non-hydrogen) atoms. The van der Waals surface area contributed by atoms with Crippen LogP contribution in [-0.4, -0.2) is 18.3 Å². The second-order valence-corrected chi connectivity index (χ2v) is 5.20. The van der Waals surface area contributed by atoms with E-state index in [2.05, 4.69) is 12.2 Å². The van der Waals surface area contributed by atoms with Gasteiger partial charge in [0.2, 0.25) is 0 Å². The molecule has 4 heteroatoms. The van der Waals surface area contributed by atoms with Crippen molar-refractivity contribution < 1.29 is 37.0 Å². The van der Waals surface area contributed by atoms with Crippen LogP contribution in [0.1, 0.15) is 61.8 Å². The van der Waals surface area contributed by atoms with Gasteiger partial charge in [-0.2, -0.15) is 6.08 Å². The molecule has 0 aromatic carbocycles. The molecule has 0 heterocycles. The first-order valence-corrected chi connectivity index (χ1v) is 8.04. The third-order valence-corrected chi connectivity index (χ3v) is 1.08. The zero-order valence-corrected chi connectivity index (χ0v) is 18.3. The van der Waals surface area contributed by atoms with Crippen LogP contribution in [0.25, 0.3) is 0 Å². The van der Waals surface area contributed by atoms with E-state index in [-0.39, 0.29) is 21.7 Å². The van der Waals surface area contributed by atoms with E-state index in [0.29, 0.717) is 0 Å². The van der Waals surface area contributed by atoms with E-state index < -0.39 is 18.3 Å². The molecule has 0 aromatic rings. The Morgan fingerprint density at radius 2 is 1.08 bits per heavy atom. The van der Waals surface area contributed by atoms with Crippen molar-refractivity contribution in [2.24, 2.45) is 0 Å². The van der Waals surface area contributed by atoms with Crippen LogP contribution in [0, 0.1) is 6.08 Å². The maximum absolute atomic E-state index is 9.53. The van der Waals surface area contributed by atoms with Gasteiger partial charge in [0.25, 0.3) is 0 Å². The van der Waals surface area contributed by atoms with E-state index in [0.717, 1.165) is 6.42 Å². The summed E-state index contributed by atoms with van der Waals surface area (Å²) in [5.41, 5.74) is 0. The Hall–Kier alpha value is -0.446. The molecule has 0 spiro atoms. The summed E-state index contributed by atoms with van der Waals surface area (Å²) in [6.45, 7) is 13.7. The smallest absolute Gasteiger partial charge is 0.852 e. The Balaban J connectivity index is -0.0000000628. The summed E-state index contributed by atoms with van der Waals surface area (Å²) in [5, 5.41) is 28.6. The number of hydrogen-bond donors (Lipinski definition) is 0. The summed E-state index contributed by atoms with van der Waals surface area (Å²) in [5.74, 6) is 0. The van der Waals surface area contributed by atoms with Crippen LogP contribution in [0.3, 0.4) is 0 Å². The summed E-state index contributed by atoms with van der Waals surface area (Å²) in [6, 6.07) is 0. The average molecular weight is 372 g/mol. The van der Waals surface area contributed by atoms with E-state index in [1.165, 1.54) is 0 Å². The topological polar surface area (TPSA) is 69.2 Å². The Morgan fingerprint density at radius 1 is 0.792 bits per heavy atom. The monoisotopic (exact) mass is 372 g/mol. The van der Waals surface area contributed by atoms with E-state index in [1.807, 2.05) is 50.3 Å². The molecule has 0 fully saturated rings. The molecule has 0 aromatic heterocycles. The SMILES string of the molecule is CC(C)[O-].CC(C)[O-].CC(C)[O-].CC=CC=CC.[C-]1=CC=CC1.[Ti+4]. The van der Waals surface area contributed by atoms with Gasteiger partial charge in [-0.1, -0.05) is 65.8 Å². The van der Waals surface area contributed by atoms with Crippen LogP contribution < -0.4 is 15.3 Å². The number of rotatable bonds is 1. The second kappa shape index (κ2) is 34.0. The zero-order valence-electron chi connectivity index (χ0n) is 16.7. The molecule has 0 N–H and O–H groups in total. The summed E-state index contributed by atoms with van der Waals surface area (Å²) >= 11 is 0. The predicted molar refractivity (Wildman–Crippen MR) is 96.6 cm³/mol. The van der Waals surface area contributed by atoms with Gasteiger partial charge in [-0.15, -0.1) is 24.7 Å². The van der Waals surface area contributed by atoms with Gasteiger partial charge in [0.1, 0.15) is 0 Å². The Labute approximate surface area is 165 Å². The first kappa shape index (κ1) is 34.8. The van der Waals surface area contributed by atoms with Gasteiger partial charge in [0.05, 0.1) is 0 Å². The van der Waals surface area contributed by atoms with Crippen LogP contribution in [0.4, 0.5) is 0 Å². The minimum Gasteiger partial charge on any atom is -0.852 e. The molecule has 0 atom stereocenters. The predicted octanol–water partition coefficient (Wildman–Crippen LogP) is 2.71.